The van der Waals surface area contributed by atoms with Gasteiger partial charge in [-0.1, -0.05) is 0 Å². The molecule has 44 valence electrons. The highest BCUT2D eigenvalue weighted by molar-refractivity contribution is 8.00. The number of hydrogen-bond donors (Lipinski definition) is 1. The molecule has 2 unspecified atom stereocenters. The summed E-state index contributed by atoms with van der Waals surface area (Å²) in [6, 6.07) is -0.169. The molecule has 8 heavy (non-hydrogen) atoms. The molecule has 4 heteroatoms. The highest BCUT2D eigenvalue weighted by Crippen LogP contribution is 2.22. The Morgan fingerprint density at radius 3 is 2.88 bits per heavy atom. The molecule has 1 heterocycles. The van der Waals surface area contributed by atoms with E-state index >= 15 is 0 Å². The molecule has 1 aliphatic rings. The summed E-state index contributed by atoms with van der Waals surface area (Å²) >= 11 is 1.55. The van der Waals surface area contributed by atoms with Gasteiger partial charge in [-0.2, -0.15) is 0 Å². The Labute approximate surface area is 54.0 Å². The molecule has 0 aromatic heterocycles. The van der Waals surface area contributed by atoms with E-state index < -0.39 is 0 Å². The molecular formula is C4H7BO2S. The van der Waals surface area contributed by atoms with Crippen LogP contribution in [-0.2, 0) is 4.74 Å². The van der Waals surface area contributed by atoms with Crippen LogP contribution in [0.1, 0.15) is 0 Å². The number of thioether (sulfide) groups is 1. The molecule has 0 spiro atoms. The van der Waals surface area contributed by atoms with Gasteiger partial charge in [0.25, 0.3) is 0 Å². The van der Waals surface area contributed by atoms with Crippen LogP contribution in [0.3, 0.4) is 0 Å². The predicted octanol–water partition coefficient (Wildman–Crippen LogP) is -0.437. The van der Waals surface area contributed by atoms with E-state index in [2.05, 4.69) is 0 Å². The molecule has 1 fully saturated rings. The lowest BCUT2D eigenvalue weighted by Gasteiger charge is -2.04. The zero-order valence-corrected chi connectivity index (χ0v) is 5.23. The van der Waals surface area contributed by atoms with E-state index in [0.29, 0.717) is 0 Å². The molecule has 0 aliphatic carbocycles. The van der Waals surface area contributed by atoms with E-state index in [4.69, 9.17) is 17.7 Å². The Morgan fingerprint density at radius 1 is 1.88 bits per heavy atom. The summed E-state index contributed by atoms with van der Waals surface area (Å²) in [7, 11) is 5.35. The Bertz CT molecular complexity index is 80.4. The van der Waals surface area contributed by atoms with Crippen molar-refractivity contribution in [1.29, 1.82) is 0 Å². The first-order chi connectivity index (χ1) is 3.83. The van der Waals surface area contributed by atoms with Gasteiger partial charge in [-0.25, -0.2) is 0 Å². The Hall–Kier alpha value is 0.335. The zero-order chi connectivity index (χ0) is 5.98. The fourth-order valence-corrected chi connectivity index (χ4v) is 1.38. The molecule has 1 rings (SSSR count). The monoisotopic (exact) mass is 130 g/mol. The second-order valence-electron chi connectivity index (χ2n) is 1.62. The molecule has 0 bridgehead atoms. The summed E-state index contributed by atoms with van der Waals surface area (Å²) in [6.45, 7) is 0.0678. The molecule has 0 aromatic carbocycles. The lowest BCUT2D eigenvalue weighted by atomic mass is 10.0. The number of ether oxygens (including phenoxy) is 1. The molecule has 2 atom stereocenters. The molecule has 2 radical (unpaired) electrons. The highest BCUT2D eigenvalue weighted by atomic mass is 32.2. The lowest BCUT2D eigenvalue weighted by molar-refractivity contribution is 0.0725. The van der Waals surface area contributed by atoms with Gasteiger partial charge in [0.1, 0.15) is 13.3 Å². The quantitative estimate of drug-likeness (QED) is 0.488. The fraction of sp³-hybridized carbons (Fsp3) is 1.00. The van der Waals surface area contributed by atoms with Gasteiger partial charge < -0.3 is 9.84 Å². The van der Waals surface area contributed by atoms with Crippen LogP contribution < -0.4 is 0 Å². The maximum Gasteiger partial charge on any atom is 0.125 e. The average molecular weight is 130 g/mol. The van der Waals surface area contributed by atoms with Crippen LogP contribution in [0.15, 0.2) is 0 Å². The zero-order valence-electron chi connectivity index (χ0n) is 4.41. The van der Waals surface area contributed by atoms with Crippen LogP contribution in [-0.4, -0.2) is 36.8 Å². The van der Waals surface area contributed by atoms with Crippen molar-refractivity contribution in [3.05, 3.63) is 0 Å². The van der Waals surface area contributed by atoms with Gasteiger partial charge in [0.15, 0.2) is 0 Å². The van der Waals surface area contributed by atoms with Crippen molar-refractivity contribution in [3.8, 4) is 0 Å². The van der Waals surface area contributed by atoms with Crippen molar-refractivity contribution in [2.45, 2.75) is 11.4 Å². The van der Waals surface area contributed by atoms with E-state index in [1.165, 1.54) is 0 Å². The molecule has 0 amide bonds. The standard InChI is InChI=1S/C4H7BO2S/c5-3-2-8-4(1-6)7-3/h3-4,6H,1-2H2. The minimum absolute atomic E-state index is 0.0678. The summed E-state index contributed by atoms with van der Waals surface area (Å²) < 4.78 is 5.00. The van der Waals surface area contributed by atoms with Gasteiger partial charge in [0.05, 0.1) is 6.61 Å². The third kappa shape index (κ3) is 1.40. The first-order valence-corrected chi connectivity index (χ1v) is 3.51. The van der Waals surface area contributed by atoms with Crippen molar-refractivity contribution in [1.82, 2.24) is 0 Å². The Kier molecular flexibility index (Phi) is 2.22. The van der Waals surface area contributed by atoms with E-state index in [1.807, 2.05) is 0 Å². The molecule has 1 N–H and O–H groups in total. The van der Waals surface area contributed by atoms with Gasteiger partial charge in [-0.3, -0.25) is 0 Å². The molecule has 0 aromatic rings. The number of aliphatic hydroxyl groups excluding tert-OH is 1. The van der Waals surface area contributed by atoms with E-state index in [1.54, 1.807) is 11.8 Å². The second kappa shape index (κ2) is 2.76. The SMILES string of the molecule is [B]C1CSC(CO)O1. The van der Waals surface area contributed by atoms with E-state index in [0.717, 1.165) is 5.75 Å². The van der Waals surface area contributed by atoms with E-state index in [-0.39, 0.29) is 18.0 Å². The summed E-state index contributed by atoms with van der Waals surface area (Å²) in [5, 5.41) is 8.48. The predicted molar refractivity (Wildman–Crippen MR) is 34.0 cm³/mol. The number of rotatable bonds is 1. The smallest absolute Gasteiger partial charge is 0.125 e. The van der Waals surface area contributed by atoms with Crippen LogP contribution in [0.2, 0.25) is 0 Å². The maximum absolute atomic E-state index is 8.48. The minimum Gasteiger partial charge on any atom is -0.393 e. The van der Waals surface area contributed by atoms with Crippen molar-refractivity contribution in [3.63, 3.8) is 0 Å². The Balaban J connectivity index is 2.22. The van der Waals surface area contributed by atoms with Crippen molar-refractivity contribution in [2.75, 3.05) is 12.4 Å². The fourth-order valence-electron chi connectivity index (χ4n) is 0.571. The van der Waals surface area contributed by atoms with Gasteiger partial charge in [-0.15, -0.1) is 11.8 Å². The topological polar surface area (TPSA) is 29.5 Å². The van der Waals surface area contributed by atoms with Crippen molar-refractivity contribution < 1.29 is 9.84 Å². The summed E-state index contributed by atoms with van der Waals surface area (Å²) in [5.41, 5.74) is -0.0787. The normalized spacial score (nSPS) is 38.1. The van der Waals surface area contributed by atoms with Gasteiger partial charge >= 0.3 is 0 Å². The highest BCUT2D eigenvalue weighted by Gasteiger charge is 2.20. The molecule has 0 saturated carbocycles. The molecule has 2 nitrogen and oxygen atoms in total. The van der Waals surface area contributed by atoms with Crippen molar-refractivity contribution >= 4 is 19.6 Å². The van der Waals surface area contributed by atoms with Gasteiger partial charge in [0, 0.05) is 11.8 Å². The van der Waals surface area contributed by atoms with Gasteiger partial charge in [0.2, 0.25) is 0 Å². The first kappa shape index (κ1) is 6.45. The Morgan fingerprint density at radius 2 is 2.62 bits per heavy atom. The first-order valence-electron chi connectivity index (χ1n) is 2.46. The molecule has 1 aliphatic heterocycles. The van der Waals surface area contributed by atoms with Gasteiger partial charge in [-0.05, 0) is 0 Å². The van der Waals surface area contributed by atoms with E-state index in [9.17, 15) is 0 Å². The number of hydrogen-bond acceptors (Lipinski definition) is 3. The second-order valence-corrected chi connectivity index (χ2v) is 2.81. The van der Waals surface area contributed by atoms with Crippen LogP contribution in [0.4, 0.5) is 0 Å². The van der Waals surface area contributed by atoms with Crippen LogP contribution in [0.5, 0.6) is 0 Å². The third-order valence-electron chi connectivity index (χ3n) is 0.922. The summed E-state index contributed by atoms with van der Waals surface area (Å²) in [6.07, 6.45) is 0. The van der Waals surface area contributed by atoms with Crippen LogP contribution in [0, 0.1) is 0 Å². The van der Waals surface area contributed by atoms with Crippen LogP contribution >= 0.6 is 11.8 Å². The average Bonchev–Trinajstić information content (AvgIpc) is 2.14. The summed E-state index contributed by atoms with van der Waals surface area (Å²) in [4.78, 5) is 0. The van der Waals surface area contributed by atoms with Crippen LogP contribution in [0.25, 0.3) is 0 Å². The lowest BCUT2D eigenvalue weighted by Crippen LogP contribution is -2.13. The summed E-state index contributed by atoms with van der Waals surface area (Å²) in [5.74, 6) is 0.797. The molecule has 1 saturated heterocycles. The minimum atomic E-state index is -0.169. The largest absolute Gasteiger partial charge is 0.393 e. The third-order valence-corrected chi connectivity index (χ3v) is 2.07. The molecular weight excluding hydrogens is 123 g/mol. The van der Waals surface area contributed by atoms with Crippen molar-refractivity contribution in [2.24, 2.45) is 0 Å². The maximum atomic E-state index is 8.48. The number of aliphatic hydroxyl groups is 1.